The number of hydrogen-bond donors (Lipinski definition) is 1. The number of piperidine rings is 1. The summed E-state index contributed by atoms with van der Waals surface area (Å²) < 4.78 is 17.2. The Kier molecular flexibility index (Phi) is 8.15. The number of hydrogen-bond acceptors (Lipinski definition) is 7. The zero-order valence-electron chi connectivity index (χ0n) is 23.0. The molecule has 0 saturated carbocycles. The summed E-state index contributed by atoms with van der Waals surface area (Å²) in [5.41, 5.74) is 5.89. The lowest BCUT2D eigenvalue weighted by Crippen LogP contribution is -2.37. The number of aryl methyl sites for hydroxylation is 1. The lowest BCUT2D eigenvalue weighted by atomic mass is 9.97. The fourth-order valence-corrected chi connectivity index (χ4v) is 5.00. The molecule has 0 radical (unpaired) electrons. The van der Waals surface area contributed by atoms with E-state index in [9.17, 15) is 9.90 Å². The molecule has 4 aromatic rings. The first kappa shape index (κ1) is 27.0. The molecule has 40 heavy (non-hydrogen) atoms. The molecule has 1 aliphatic heterocycles. The molecule has 3 aromatic carbocycles. The van der Waals surface area contributed by atoms with Crippen LogP contribution < -0.4 is 19.1 Å². The Bertz CT molecular complexity index is 1500. The highest BCUT2D eigenvalue weighted by Gasteiger charge is 2.26. The summed E-state index contributed by atoms with van der Waals surface area (Å²) in [5, 5.41) is 9.30. The number of carbonyl (C=O) groups is 1. The van der Waals surface area contributed by atoms with Crippen LogP contribution in [0.3, 0.4) is 0 Å². The van der Waals surface area contributed by atoms with Gasteiger partial charge in [-0.2, -0.15) is 0 Å². The Morgan fingerprint density at radius 2 is 1.75 bits per heavy atom. The van der Waals surface area contributed by atoms with Gasteiger partial charge < -0.3 is 24.2 Å². The molecule has 8 nitrogen and oxygen atoms in total. The molecule has 1 aromatic heterocycles. The molecule has 0 atom stereocenters. The Hall–Kier alpha value is -4.59. The maximum Gasteiger partial charge on any atom is 0.306 e. The second kappa shape index (κ2) is 12.1. The number of carboxylic acid groups (broad SMARTS) is 1. The molecule has 8 heteroatoms. The van der Waals surface area contributed by atoms with Crippen LogP contribution in [0, 0.1) is 12.8 Å². The number of anilines is 1. The van der Waals surface area contributed by atoms with Gasteiger partial charge >= 0.3 is 5.97 Å². The summed E-state index contributed by atoms with van der Waals surface area (Å²) >= 11 is 0. The van der Waals surface area contributed by atoms with Crippen LogP contribution in [-0.2, 0) is 11.4 Å². The van der Waals surface area contributed by atoms with Gasteiger partial charge in [-0.05, 0) is 66.8 Å². The Labute approximate surface area is 234 Å². The van der Waals surface area contributed by atoms with Gasteiger partial charge in [-0.25, -0.2) is 9.97 Å². The maximum atomic E-state index is 11.3. The summed E-state index contributed by atoms with van der Waals surface area (Å²) in [6.45, 7) is 3.73. The summed E-state index contributed by atoms with van der Waals surface area (Å²) in [5.74, 6) is 1.82. The third kappa shape index (κ3) is 5.86. The first-order chi connectivity index (χ1) is 19.5. The van der Waals surface area contributed by atoms with Crippen LogP contribution in [0.4, 0.5) is 5.95 Å². The number of benzene rings is 3. The van der Waals surface area contributed by atoms with Crippen molar-refractivity contribution in [2.24, 2.45) is 5.92 Å². The van der Waals surface area contributed by atoms with Crippen molar-refractivity contribution in [1.29, 1.82) is 0 Å². The van der Waals surface area contributed by atoms with Gasteiger partial charge in [-0.1, -0.05) is 30.3 Å². The monoisotopic (exact) mass is 539 g/mol. The minimum atomic E-state index is -0.731. The van der Waals surface area contributed by atoms with Crippen LogP contribution in [0.25, 0.3) is 22.4 Å². The molecular weight excluding hydrogens is 506 g/mol. The molecular formula is C32H33N3O5. The van der Waals surface area contributed by atoms with E-state index in [2.05, 4.69) is 35.0 Å². The number of aromatic nitrogens is 2. The van der Waals surface area contributed by atoms with Crippen molar-refractivity contribution in [3.63, 3.8) is 0 Å². The highest BCUT2D eigenvalue weighted by atomic mass is 16.5. The van der Waals surface area contributed by atoms with E-state index in [1.54, 1.807) is 20.4 Å². The molecule has 1 saturated heterocycles. The number of methoxy groups -OCH3 is 2. The predicted molar refractivity (Wildman–Crippen MR) is 154 cm³/mol. The molecule has 1 N–H and O–H groups in total. The molecule has 0 bridgehead atoms. The fourth-order valence-electron chi connectivity index (χ4n) is 5.00. The van der Waals surface area contributed by atoms with Gasteiger partial charge in [-0.15, -0.1) is 0 Å². The zero-order chi connectivity index (χ0) is 28.1. The molecule has 206 valence electrons. The molecule has 0 amide bonds. The van der Waals surface area contributed by atoms with Crippen LogP contribution >= 0.6 is 0 Å². The number of aliphatic carboxylic acids is 1. The van der Waals surface area contributed by atoms with E-state index in [0.29, 0.717) is 38.5 Å². The van der Waals surface area contributed by atoms with E-state index in [0.717, 1.165) is 50.8 Å². The number of rotatable bonds is 9. The molecule has 0 unspecified atom stereocenters. The quantitative estimate of drug-likeness (QED) is 0.276. The van der Waals surface area contributed by atoms with Crippen molar-refractivity contribution in [2.45, 2.75) is 26.4 Å². The van der Waals surface area contributed by atoms with E-state index in [-0.39, 0.29) is 5.92 Å². The average molecular weight is 540 g/mol. The number of nitrogens with zero attached hydrogens (tertiary/aromatic N) is 3. The van der Waals surface area contributed by atoms with Gasteiger partial charge in [-0.3, -0.25) is 4.79 Å². The lowest BCUT2D eigenvalue weighted by Gasteiger charge is -2.30. The standard InChI is InChI=1S/C32H33N3O5/c1-21-18-23(26-11-10-25(38-2)19-30(26)39-3)8-9-24(21)20-40-29-7-5-4-6-27(29)28-12-15-33-32(34-28)35-16-13-22(14-17-35)31(36)37/h4-12,15,18-19,22H,13-14,16-17,20H2,1-3H3,(H,36,37). The van der Waals surface area contributed by atoms with E-state index in [1.165, 1.54) is 0 Å². The summed E-state index contributed by atoms with van der Waals surface area (Å²) in [4.78, 5) is 22.6. The van der Waals surface area contributed by atoms with Crippen molar-refractivity contribution < 1.29 is 24.1 Å². The predicted octanol–water partition coefficient (Wildman–Crippen LogP) is 6.02. The van der Waals surface area contributed by atoms with Crippen LogP contribution in [-0.4, -0.2) is 48.4 Å². The van der Waals surface area contributed by atoms with Gasteiger partial charge in [0.15, 0.2) is 0 Å². The van der Waals surface area contributed by atoms with Gasteiger partial charge in [0.1, 0.15) is 23.9 Å². The van der Waals surface area contributed by atoms with Gasteiger partial charge in [0, 0.05) is 36.5 Å². The van der Waals surface area contributed by atoms with Crippen molar-refractivity contribution in [3.8, 4) is 39.6 Å². The van der Waals surface area contributed by atoms with Crippen LogP contribution in [0.15, 0.2) is 72.9 Å². The van der Waals surface area contributed by atoms with E-state index < -0.39 is 5.97 Å². The van der Waals surface area contributed by atoms with Crippen molar-refractivity contribution in [2.75, 3.05) is 32.2 Å². The Balaban J connectivity index is 1.32. The third-order valence-corrected chi connectivity index (χ3v) is 7.38. The number of para-hydroxylation sites is 1. The largest absolute Gasteiger partial charge is 0.497 e. The lowest BCUT2D eigenvalue weighted by molar-refractivity contribution is -0.142. The summed E-state index contributed by atoms with van der Waals surface area (Å²) in [7, 11) is 3.30. The Morgan fingerprint density at radius 3 is 2.48 bits per heavy atom. The van der Waals surface area contributed by atoms with Gasteiger partial charge in [0.05, 0.1) is 25.8 Å². The molecule has 0 spiro atoms. The van der Waals surface area contributed by atoms with Crippen molar-refractivity contribution >= 4 is 11.9 Å². The highest BCUT2D eigenvalue weighted by molar-refractivity contribution is 5.73. The second-order valence-corrected chi connectivity index (χ2v) is 9.83. The first-order valence-corrected chi connectivity index (χ1v) is 13.3. The zero-order valence-corrected chi connectivity index (χ0v) is 23.0. The SMILES string of the molecule is COc1ccc(-c2ccc(COc3ccccc3-c3ccnc(N4CCC(C(=O)O)CC4)n3)c(C)c2)c(OC)c1. The number of carboxylic acids is 1. The van der Waals surface area contributed by atoms with Crippen molar-refractivity contribution in [1.82, 2.24) is 9.97 Å². The fraction of sp³-hybridized carbons (Fsp3) is 0.281. The van der Waals surface area contributed by atoms with Crippen LogP contribution in [0.1, 0.15) is 24.0 Å². The first-order valence-electron chi connectivity index (χ1n) is 13.3. The smallest absolute Gasteiger partial charge is 0.306 e. The third-order valence-electron chi connectivity index (χ3n) is 7.38. The van der Waals surface area contributed by atoms with Crippen LogP contribution in [0.2, 0.25) is 0 Å². The average Bonchev–Trinajstić information content (AvgIpc) is 3.00. The van der Waals surface area contributed by atoms with E-state index in [4.69, 9.17) is 19.2 Å². The summed E-state index contributed by atoms with van der Waals surface area (Å²) in [6.07, 6.45) is 2.92. The highest BCUT2D eigenvalue weighted by Crippen LogP contribution is 2.35. The van der Waals surface area contributed by atoms with Gasteiger partial charge in [0.2, 0.25) is 5.95 Å². The second-order valence-electron chi connectivity index (χ2n) is 9.83. The molecule has 5 rings (SSSR count). The molecule has 1 aliphatic rings. The topological polar surface area (TPSA) is 94.0 Å². The van der Waals surface area contributed by atoms with E-state index in [1.807, 2.05) is 48.5 Å². The molecule has 0 aliphatic carbocycles. The van der Waals surface area contributed by atoms with Crippen LogP contribution in [0.5, 0.6) is 17.2 Å². The maximum absolute atomic E-state index is 11.3. The number of ether oxygens (including phenoxy) is 3. The minimum absolute atomic E-state index is 0.302. The normalized spacial score (nSPS) is 13.6. The van der Waals surface area contributed by atoms with Crippen molar-refractivity contribution in [3.05, 3.63) is 84.1 Å². The van der Waals surface area contributed by atoms with E-state index >= 15 is 0 Å². The summed E-state index contributed by atoms with van der Waals surface area (Å²) in [6, 6.07) is 21.8. The minimum Gasteiger partial charge on any atom is -0.497 e. The Morgan fingerprint density at radius 1 is 0.950 bits per heavy atom. The molecule has 1 fully saturated rings. The molecule has 2 heterocycles. The van der Waals surface area contributed by atoms with Gasteiger partial charge in [0.25, 0.3) is 0 Å².